The van der Waals surface area contributed by atoms with E-state index in [0.717, 1.165) is 6.42 Å². The van der Waals surface area contributed by atoms with Crippen LogP contribution in [-0.2, 0) is 14.8 Å². The van der Waals surface area contributed by atoms with E-state index < -0.39 is 10.0 Å². The number of nitrogens with zero attached hydrogens (tertiary/aromatic N) is 1. The molecule has 8 heteroatoms. The summed E-state index contributed by atoms with van der Waals surface area (Å²) >= 11 is 0. The summed E-state index contributed by atoms with van der Waals surface area (Å²) in [7, 11) is -3.65. The first-order chi connectivity index (χ1) is 9.47. The van der Waals surface area contributed by atoms with E-state index in [-0.39, 0.29) is 23.9 Å². The number of pyridine rings is 1. The minimum Gasteiger partial charge on any atom is -0.384 e. The third-order valence-electron chi connectivity index (χ3n) is 2.43. The van der Waals surface area contributed by atoms with Gasteiger partial charge < -0.3 is 10.6 Å². The summed E-state index contributed by atoms with van der Waals surface area (Å²) in [6, 6.07) is 1.62. The smallest absolute Gasteiger partial charge is 0.244 e. The molecule has 112 valence electrons. The number of hydrogen-bond donors (Lipinski definition) is 3. The second-order valence-electron chi connectivity index (χ2n) is 4.18. The van der Waals surface area contributed by atoms with Crippen LogP contribution in [0.1, 0.15) is 20.3 Å². The Morgan fingerprint density at radius 3 is 2.70 bits per heavy atom. The Bertz CT molecular complexity index is 545. The maximum absolute atomic E-state index is 12.2. The zero-order chi connectivity index (χ0) is 15.0. The zero-order valence-corrected chi connectivity index (χ0v) is 12.5. The lowest BCUT2D eigenvalue weighted by atomic mass is 10.4. The van der Waals surface area contributed by atoms with Crippen LogP contribution < -0.4 is 15.4 Å². The molecule has 1 amide bonds. The van der Waals surface area contributed by atoms with Crippen LogP contribution in [0, 0.1) is 0 Å². The average molecular weight is 300 g/mol. The molecule has 0 aliphatic rings. The Balaban J connectivity index is 2.73. The van der Waals surface area contributed by atoms with Crippen LogP contribution >= 0.6 is 0 Å². The topological polar surface area (TPSA) is 100 Å². The van der Waals surface area contributed by atoms with Crippen molar-refractivity contribution in [3.63, 3.8) is 0 Å². The number of rotatable bonds is 8. The minimum absolute atomic E-state index is 0.108. The van der Waals surface area contributed by atoms with Gasteiger partial charge >= 0.3 is 0 Å². The summed E-state index contributed by atoms with van der Waals surface area (Å²) in [6.07, 6.45) is 3.73. The summed E-state index contributed by atoms with van der Waals surface area (Å²) in [5.74, 6) is -0.198. The second-order valence-corrected chi connectivity index (χ2v) is 5.91. The predicted molar refractivity (Wildman–Crippen MR) is 76.9 cm³/mol. The highest BCUT2D eigenvalue weighted by molar-refractivity contribution is 7.89. The van der Waals surface area contributed by atoms with Crippen molar-refractivity contribution in [3.8, 4) is 0 Å². The molecule has 1 rings (SSSR count). The fraction of sp³-hybridized carbons (Fsp3) is 0.500. The lowest BCUT2D eigenvalue weighted by Crippen LogP contribution is -2.34. The summed E-state index contributed by atoms with van der Waals surface area (Å²) in [6.45, 7) is 4.42. The molecule has 0 fully saturated rings. The van der Waals surface area contributed by atoms with Crippen molar-refractivity contribution >= 4 is 21.6 Å². The molecule has 0 aliphatic carbocycles. The molecule has 0 radical (unpaired) electrons. The average Bonchev–Trinajstić information content (AvgIpc) is 2.41. The SMILES string of the molecule is CCCNc1ccncc1S(=O)(=O)NCCNC(C)=O. The quantitative estimate of drug-likeness (QED) is 0.600. The molecule has 20 heavy (non-hydrogen) atoms. The number of carbonyl (C=O) groups excluding carboxylic acids is 1. The van der Waals surface area contributed by atoms with Crippen LogP contribution in [0.25, 0.3) is 0 Å². The first-order valence-electron chi connectivity index (χ1n) is 6.39. The fourth-order valence-electron chi connectivity index (χ4n) is 1.50. The standard InChI is InChI=1S/C12H20N4O3S/c1-3-5-15-11-4-6-13-9-12(11)20(18,19)16-8-7-14-10(2)17/h4,6,9,16H,3,5,7-8H2,1-2H3,(H,13,15)(H,14,17). The first kappa shape index (κ1) is 16.4. The Morgan fingerprint density at radius 2 is 2.05 bits per heavy atom. The first-order valence-corrected chi connectivity index (χ1v) is 7.87. The van der Waals surface area contributed by atoms with Crippen molar-refractivity contribution in [2.24, 2.45) is 0 Å². The van der Waals surface area contributed by atoms with Gasteiger partial charge in [-0.3, -0.25) is 9.78 Å². The molecule has 0 spiro atoms. The van der Waals surface area contributed by atoms with Gasteiger partial charge in [0.25, 0.3) is 0 Å². The molecule has 1 aromatic rings. The Hall–Kier alpha value is -1.67. The number of amides is 1. The van der Waals surface area contributed by atoms with Crippen molar-refractivity contribution in [1.82, 2.24) is 15.0 Å². The molecule has 0 atom stereocenters. The van der Waals surface area contributed by atoms with Gasteiger partial charge in [0.15, 0.2) is 0 Å². The number of anilines is 1. The van der Waals surface area contributed by atoms with Crippen molar-refractivity contribution in [1.29, 1.82) is 0 Å². The number of carbonyl (C=O) groups is 1. The molecule has 0 aromatic carbocycles. The highest BCUT2D eigenvalue weighted by atomic mass is 32.2. The molecule has 0 saturated carbocycles. The molecule has 0 saturated heterocycles. The van der Waals surface area contributed by atoms with Crippen LogP contribution in [0.2, 0.25) is 0 Å². The highest BCUT2D eigenvalue weighted by Gasteiger charge is 2.18. The third kappa shape index (κ3) is 5.14. The van der Waals surface area contributed by atoms with E-state index in [1.807, 2.05) is 6.92 Å². The Labute approximate surface area is 119 Å². The maximum atomic E-state index is 12.2. The lowest BCUT2D eigenvalue weighted by molar-refractivity contribution is -0.118. The van der Waals surface area contributed by atoms with E-state index in [0.29, 0.717) is 12.2 Å². The molecular formula is C12H20N4O3S. The largest absolute Gasteiger partial charge is 0.384 e. The van der Waals surface area contributed by atoms with Gasteiger partial charge in [0.2, 0.25) is 15.9 Å². The van der Waals surface area contributed by atoms with Crippen LogP contribution in [0.15, 0.2) is 23.4 Å². The van der Waals surface area contributed by atoms with E-state index >= 15 is 0 Å². The Kier molecular flexibility index (Phi) is 6.40. The van der Waals surface area contributed by atoms with Gasteiger partial charge in [-0.25, -0.2) is 13.1 Å². The zero-order valence-electron chi connectivity index (χ0n) is 11.6. The molecule has 0 unspecified atom stereocenters. The van der Waals surface area contributed by atoms with E-state index in [9.17, 15) is 13.2 Å². The van der Waals surface area contributed by atoms with E-state index in [1.54, 1.807) is 6.07 Å². The van der Waals surface area contributed by atoms with Gasteiger partial charge in [-0.05, 0) is 12.5 Å². The van der Waals surface area contributed by atoms with Gasteiger partial charge in [0.1, 0.15) is 4.90 Å². The molecule has 1 heterocycles. The molecular weight excluding hydrogens is 280 g/mol. The van der Waals surface area contributed by atoms with Crippen molar-refractivity contribution in [2.75, 3.05) is 25.0 Å². The summed E-state index contributed by atoms with van der Waals surface area (Å²) in [4.78, 5) is 14.7. The van der Waals surface area contributed by atoms with Crippen LogP contribution in [0.5, 0.6) is 0 Å². The van der Waals surface area contributed by atoms with Crippen LogP contribution in [0.4, 0.5) is 5.69 Å². The normalized spacial score (nSPS) is 11.1. The van der Waals surface area contributed by atoms with Gasteiger partial charge in [-0.2, -0.15) is 0 Å². The summed E-state index contributed by atoms with van der Waals surface area (Å²) < 4.78 is 26.7. The Morgan fingerprint density at radius 1 is 1.30 bits per heavy atom. The predicted octanol–water partition coefficient (Wildman–Crippen LogP) is 0.318. The van der Waals surface area contributed by atoms with Gasteiger partial charge in [0, 0.05) is 39.0 Å². The van der Waals surface area contributed by atoms with Gasteiger partial charge in [-0.15, -0.1) is 0 Å². The lowest BCUT2D eigenvalue weighted by Gasteiger charge is -2.12. The molecule has 0 bridgehead atoms. The van der Waals surface area contributed by atoms with Crippen molar-refractivity contribution in [2.45, 2.75) is 25.2 Å². The highest BCUT2D eigenvalue weighted by Crippen LogP contribution is 2.18. The molecule has 3 N–H and O–H groups in total. The van der Waals surface area contributed by atoms with Gasteiger partial charge in [0.05, 0.1) is 5.69 Å². The van der Waals surface area contributed by atoms with E-state index in [2.05, 4.69) is 20.3 Å². The molecule has 7 nitrogen and oxygen atoms in total. The number of nitrogens with one attached hydrogen (secondary N) is 3. The maximum Gasteiger partial charge on any atom is 0.244 e. The van der Waals surface area contributed by atoms with E-state index in [4.69, 9.17) is 0 Å². The summed E-state index contributed by atoms with van der Waals surface area (Å²) in [5.41, 5.74) is 0.522. The van der Waals surface area contributed by atoms with Crippen LogP contribution in [0.3, 0.4) is 0 Å². The van der Waals surface area contributed by atoms with E-state index in [1.165, 1.54) is 19.3 Å². The molecule has 1 aromatic heterocycles. The van der Waals surface area contributed by atoms with Crippen molar-refractivity contribution < 1.29 is 13.2 Å². The monoisotopic (exact) mass is 300 g/mol. The number of sulfonamides is 1. The number of aromatic nitrogens is 1. The third-order valence-corrected chi connectivity index (χ3v) is 3.92. The second kappa shape index (κ2) is 7.81. The summed E-state index contributed by atoms with van der Waals surface area (Å²) in [5, 5.41) is 5.57. The minimum atomic E-state index is -3.65. The van der Waals surface area contributed by atoms with Gasteiger partial charge in [-0.1, -0.05) is 6.92 Å². The fourth-order valence-corrected chi connectivity index (χ4v) is 2.66. The van der Waals surface area contributed by atoms with Crippen LogP contribution in [-0.4, -0.2) is 38.9 Å². The molecule has 0 aliphatic heterocycles. The van der Waals surface area contributed by atoms with Crippen molar-refractivity contribution in [3.05, 3.63) is 18.5 Å². The number of hydrogen-bond acceptors (Lipinski definition) is 5.